The maximum Gasteiger partial charge on any atom is 0.336 e. The van der Waals surface area contributed by atoms with Crippen LogP contribution in [0.25, 0.3) is 0 Å². The number of hydrogen-bond acceptors (Lipinski definition) is 1. The summed E-state index contributed by atoms with van der Waals surface area (Å²) in [6.45, 7) is 7.94. The molecule has 2 nitrogen and oxygen atoms in total. The van der Waals surface area contributed by atoms with E-state index < -0.39 is 5.97 Å². The van der Waals surface area contributed by atoms with Crippen molar-refractivity contribution >= 4 is 17.6 Å². The van der Waals surface area contributed by atoms with E-state index in [2.05, 4.69) is 0 Å². The molecule has 0 spiro atoms. The van der Waals surface area contributed by atoms with E-state index in [1.165, 1.54) is 6.07 Å². The Balaban J connectivity index is 3.39. The van der Waals surface area contributed by atoms with Gasteiger partial charge in [-0.05, 0) is 29.5 Å². The standard InChI is InChI=1S/C12H15ClO2/c1-7-5-9(12(2,3)4)10(13)6-8(7)11(14)15/h5-6H,1-4H3,(H,14,15). The molecule has 3 heteroatoms. The SMILES string of the molecule is Cc1cc(C(C)(C)C)c(Cl)cc1C(=O)O. The number of benzene rings is 1. The predicted octanol–water partition coefficient (Wildman–Crippen LogP) is 3.64. The van der Waals surface area contributed by atoms with E-state index in [0.717, 1.165) is 11.1 Å². The number of halogens is 1. The molecular weight excluding hydrogens is 212 g/mol. The summed E-state index contributed by atoms with van der Waals surface area (Å²) in [6, 6.07) is 3.38. The second-order valence-corrected chi connectivity index (χ2v) is 5.11. The van der Waals surface area contributed by atoms with E-state index in [4.69, 9.17) is 16.7 Å². The summed E-state index contributed by atoms with van der Waals surface area (Å²) in [7, 11) is 0. The zero-order chi connectivity index (χ0) is 11.8. The molecule has 1 rings (SSSR count). The first-order valence-corrected chi connectivity index (χ1v) is 5.15. The summed E-state index contributed by atoms with van der Waals surface area (Å²) < 4.78 is 0. The number of hydrogen-bond donors (Lipinski definition) is 1. The zero-order valence-corrected chi connectivity index (χ0v) is 10.1. The highest BCUT2D eigenvalue weighted by Gasteiger charge is 2.20. The van der Waals surface area contributed by atoms with Gasteiger partial charge in [0.05, 0.1) is 5.56 Å². The lowest BCUT2D eigenvalue weighted by atomic mass is 9.85. The van der Waals surface area contributed by atoms with Crippen molar-refractivity contribution in [3.63, 3.8) is 0 Å². The van der Waals surface area contributed by atoms with Gasteiger partial charge >= 0.3 is 5.97 Å². The summed E-state index contributed by atoms with van der Waals surface area (Å²) in [4.78, 5) is 10.9. The largest absolute Gasteiger partial charge is 0.478 e. The average Bonchev–Trinajstić information content (AvgIpc) is 2.06. The van der Waals surface area contributed by atoms with Crippen molar-refractivity contribution in [1.82, 2.24) is 0 Å². The van der Waals surface area contributed by atoms with Crippen LogP contribution >= 0.6 is 11.6 Å². The van der Waals surface area contributed by atoms with Crippen LogP contribution in [0.3, 0.4) is 0 Å². The van der Waals surface area contributed by atoms with Crippen LogP contribution in [0, 0.1) is 6.92 Å². The Morgan fingerprint density at radius 2 is 1.87 bits per heavy atom. The smallest absolute Gasteiger partial charge is 0.336 e. The van der Waals surface area contributed by atoms with Crippen LogP contribution in [0.15, 0.2) is 12.1 Å². The molecule has 0 aromatic heterocycles. The molecule has 0 radical (unpaired) electrons. The number of aromatic carboxylic acids is 1. The average molecular weight is 227 g/mol. The lowest BCUT2D eigenvalue weighted by Crippen LogP contribution is -2.13. The van der Waals surface area contributed by atoms with Gasteiger partial charge in [0, 0.05) is 5.02 Å². The summed E-state index contributed by atoms with van der Waals surface area (Å²) in [5.74, 6) is -0.935. The lowest BCUT2D eigenvalue weighted by molar-refractivity contribution is 0.0696. The highest BCUT2D eigenvalue weighted by Crippen LogP contribution is 2.31. The molecule has 15 heavy (non-hydrogen) atoms. The Bertz CT molecular complexity index is 403. The second kappa shape index (κ2) is 3.86. The molecular formula is C12H15ClO2. The van der Waals surface area contributed by atoms with E-state index in [9.17, 15) is 4.79 Å². The molecule has 1 N–H and O–H groups in total. The molecule has 1 aromatic carbocycles. The zero-order valence-electron chi connectivity index (χ0n) is 9.39. The van der Waals surface area contributed by atoms with Crippen LogP contribution in [-0.4, -0.2) is 11.1 Å². The molecule has 0 aliphatic carbocycles. The quantitative estimate of drug-likeness (QED) is 0.794. The normalized spacial score (nSPS) is 11.5. The number of carboxylic acids is 1. The van der Waals surface area contributed by atoms with Gasteiger partial charge in [0.15, 0.2) is 0 Å². The first-order chi connectivity index (χ1) is 6.73. The molecule has 82 valence electrons. The molecule has 0 aliphatic heterocycles. The fourth-order valence-electron chi connectivity index (χ4n) is 1.49. The van der Waals surface area contributed by atoms with Gasteiger partial charge in [-0.25, -0.2) is 4.79 Å². The minimum absolute atomic E-state index is 0.0706. The van der Waals surface area contributed by atoms with Gasteiger partial charge in [-0.3, -0.25) is 0 Å². The van der Waals surface area contributed by atoms with Gasteiger partial charge in [-0.2, -0.15) is 0 Å². The highest BCUT2D eigenvalue weighted by molar-refractivity contribution is 6.31. The van der Waals surface area contributed by atoms with E-state index in [1.807, 2.05) is 26.8 Å². The van der Waals surface area contributed by atoms with Crippen molar-refractivity contribution in [2.45, 2.75) is 33.1 Å². The van der Waals surface area contributed by atoms with E-state index in [-0.39, 0.29) is 11.0 Å². The highest BCUT2D eigenvalue weighted by atomic mass is 35.5. The molecule has 0 fully saturated rings. The van der Waals surface area contributed by atoms with Gasteiger partial charge in [0.25, 0.3) is 0 Å². The summed E-state index contributed by atoms with van der Waals surface area (Å²) in [6.07, 6.45) is 0. The number of rotatable bonds is 1. The monoisotopic (exact) mass is 226 g/mol. The number of aryl methyl sites for hydroxylation is 1. The Kier molecular flexibility index (Phi) is 3.10. The summed E-state index contributed by atoms with van der Waals surface area (Å²) >= 11 is 6.07. The van der Waals surface area contributed by atoms with Crippen molar-refractivity contribution in [2.75, 3.05) is 0 Å². The van der Waals surface area contributed by atoms with Crippen LogP contribution in [0.4, 0.5) is 0 Å². The van der Waals surface area contributed by atoms with E-state index >= 15 is 0 Å². The fourth-order valence-corrected chi connectivity index (χ4v) is 1.93. The summed E-state index contributed by atoms with van der Waals surface area (Å²) in [5, 5.41) is 9.44. The van der Waals surface area contributed by atoms with E-state index in [1.54, 1.807) is 6.92 Å². The van der Waals surface area contributed by atoms with Gasteiger partial charge in [0.1, 0.15) is 0 Å². The molecule has 0 aliphatic rings. The van der Waals surface area contributed by atoms with Crippen LogP contribution < -0.4 is 0 Å². The van der Waals surface area contributed by atoms with Crippen LogP contribution in [0.5, 0.6) is 0 Å². The minimum Gasteiger partial charge on any atom is -0.478 e. The fraction of sp³-hybridized carbons (Fsp3) is 0.417. The van der Waals surface area contributed by atoms with Gasteiger partial charge in [-0.1, -0.05) is 38.4 Å². The van der Waals surface area contributed by atoms with Gasteiger partial charge in [0.2, 0.25) is 0 Å². The Hall–Kier alpha value is -1.02. The Morgan fingerprint density at radius 1 is 1.33 bits per heavy atom. The van der Waals surface area contributed by atoms with Crippen molar-refractivity contribution in [1.29, 1.82) is 0 Å². The molecule has 0 saturated carbocycles. The van der Waals surface area contributed by atoms with Crippen molar-refractivity contribution < 1.29 is 9.90 Å². The van der Waals surface area contributed by atoms with Crippen molar-refractivity contribution in [2.24, 2.45) is 0 Å². The van der Waals surface area contributed by atoms with Crippen molar-refractivity contribution in [3.05, 3.63) is 33.8 Å². The van der Waals surface area contributed by atoms with Gasteiger partial charge < -0.3 is 5.11 Å². The number of carbonyl (C=O) groups is 1. The van der Waals surface area contributed by atoms with E-state index in [0.29, 0.717) is 5.02 Å². The Morgan fingerprint density at radius 3 is 2.27 bits per heavy atom. The third kappa shape index (κ3) is 2.51. The Labute approximate surface area is 94.9 Å². The molecule has 0 saturated heterocycles. The second-order valence-electron chi connectivity index (χ2n) is 4.70. The topological polar surface area (TPSA) is 37.3 Å². The van der Waals surface area contributed by atoms with Crippen LogP contribution in [0.1, 0.15) is 42.3 Å². The molecule has 0 amide bonds. The third-order valence-corrected chi connectivity index (χ3v) is 2.67. The molecule has 0 unspecified atom stereocenters. The van der Waals surface area contributed by atoms with Gasteiger partial charge in [-0.15, -0.1) is 0 Å². The first-order valence-electron chi connectivity index (χ1n) is 4.77. The van der Waals surface area contributed by atoms with Crippen LogP contribution in [0.2, 0.25) is 5.02 Å². The minimum atomic E-state index is -0.935. The predicted molar refractivity (Wildman–Crippen MR) is 61.8 cm³/mol. The first kappa shape index (κ1) is 12.1. The molecule has 1 aromatic rings. The third-order valence-electron chi connectivity index (χ3n) is 2.35. The molecule has 0 heterocycles. The molecule has 0 bridgehead atoms. The maximum atomic E-state index is 10.9. The maximum absolute atomic E-state index is 10.9. The van der Waals surface area contributed by atoms with Crippen molar-refractivity contribution in [3.8, 4) is 0 Å². The molecule has 0 atom stereocenters. The summed E-state index contributed by atoms with van der Waals surface area (Å²) in [5.41, 5.74) is 1.93. The number of carboxylic acid groups (broad SMARTS) is 1. The lowest BCUT2D eigenvalue weighted by Gasteiger charge is -2.21. The van der Waals surface area contributed by atoms with Crippen LogP contribution in [-0.2, 0) is 5.41 Å².